The first kappa shape index (κ1) is 19.7. The number of ether oxygens (including phenoxy) is 1. The minimum atomic E-state index is -0.673. The fourth-order valence-electron chi connectivity index (χ4n) is 3.24. The van der Waals surface area contributed by atoms with Crippen molar-refractivity contribution < 1.29 is 14.3 Å². The van der Waals surface area contributed by atoms with Crippen molar-refractivity contribution in [2.45, 2.75) is 26.2 Å². The number of hydrogen-bond acceptors (Lipinski definition) is 4. The van der Waals surface area contributed by atoms with Gasteiger partial charge in [-0.3, -0.25) is 9.59 Å². The van der Waals surface area contributed by atoms with E-state index in [9.17, 15) is 9.59 Å². The molecule has 6 heteroatoms. The van der Waals surface area contributed by atoms with Crippen LogP contribution in [0.5, 0.6) is 5.75 Å². The molecule has 6 nitrogen and oxygen atoms in total. The van der Waals surface area contributed by atoms with Crippen LogP contribution >= 0.6 is 0 Å². The highest BCUT2D eigenvalue weighted by Crippen LogP contribution is 2.20. The van der Waals surface area contributed by atoms with Crippen LogP contribution in [0.4, 0.5) is 11.4 Å². The van der Waals surface area contributed by atoms with E-state index in [1.807, 2.05) is 6.92 Å². The number of nitrogens with zero attached hydrogens (tertiary/aromatic N) is 1. The van der Waals surface area contributed by atoms with Crippen LogP contribution in [0.2, 0.25) is 0 Å². The number of hydrogen-bond donors (Lipinski definition) is 2. The van der Waals surface area contributed by atoms with Gasteiger partial charge in [-0.15, -0.1) is 0 Å². The van der Waals surface area contributed by atoms with Crippen molar-refractivity contribution in [1.82, 2.24) is 5.32 Å². The first-order chi connectivity index (χ1) is 13.7. The highest BCUT2D eigenvalue weighted by Gasteiger charge is 2.14. The summed E-state index contributed by atoms with van der Waals surface area (Å²) in [5.74, 6) is -0.586. The molecule has 3 rings (SSSR count). The predicted molar refractivity (Wildman–Crippen MR) is 111 cm³/mol. The summed E-state index contributed by atoms with van der Waals surface area (Å²) in [4.78, 5) is 26.4. The van der Waals surface area contributed by atoms with Gasteiger partial charge in [0.15, 0.2) is 0 Å². The van der Waals surface area contributed by atoms with Gasteiger partial charge in [-0.1, -0.05) is 12.1 Å². The quantitative estimate of drug-likeness (QED) is 0.724. The molecule has 2 N–H and O–H groups in total. The van der Waals surface area contributed by atoms with Crippen LogP contribution in [0.1, 0.15) is 25.3 Å². The highest BCUT2D eigenvalue weighted by molar-refractivity contribution is 6.39. The van der Waals surface area contributed by atoms with E-state index in [0.29, 0.717) is 25.3 Å². The Morgan fingerprint density at radius 1 is 0.964 bits per heavy atom. The van der Waals surface area contributed by atoms with Gasteiger partial charge in [0.1, 0.15) is 5.75 Å². The van der Waals surface area contributed by atoms with Gasteiger partial charge in [-0.05, 0) is 68.1 Å². The Bertz CT molecular complexity index is 782. The molecule has 0 spiro atoms. The van der Waals surface area contributed by atoms with Crippen molar-refractivity contribution in [3.05, 3.63) is 54.1 Å². The van der Waals surface area contributed by atoms with Crippen molar-refractivity contribution in [1.29, 1.82) is 0 Å². The third kappa shape index (κ3) is 5.49. The van der Waals surface area contributed by atoms with E-state index in [1.54, 1.807) is 24.3 Å². The molecule has 0 bridgehead atoms. The molecule has 0 radical (unpaired) electrons. The number of carbonyl (C=O) groups excluding carboxylic acids is 2. The van der Waals surface area contributed by atoms with Gasteiger partial charge in [0.05, 0.1) is 6.61 Å². The Balaban J connectivity index is 1.41. The topological polar surface area (TPSA) is 70.7 Å². The molecular formula is C22H27N3O3. The van der Waals surface area contributed by atoms with E-state index in [4.69, 9.17) is 4.74 Å². The lowest BCUT2D eigenvalue weighted by molar-refractivity contribution is -0.136. The average molecular weight is 381 g/mol. The fraction of sp³-hybridized carbons (Fsp3) is 0.364. The molecule has 1 aliphatic heterocycles. The van der Waals surface area contributed by atoms with E-state index >= 15 is 0 Å². The first-order valence-corrected chi connectivity index (χ1v) is 9.81. The zero-order valence-electron chi connectivity index (χ0n) is 16.2. The lowest BCUT2D eigenvalue weighted by Gasteiger charge is -2.17. The zero-order valence-corrected chi connectivity index (χ0v) is 16.2. The summed E-state index contributed by atoms with van der Waals surface area (Å²) in [6, 6.07) is 15.3. The fourth-order valence-corrected chi connectivity index (χ4v) is 3.24. The molecule has 1 heterocycles. The molecule has 28 heavy (non-hydrogen) atoms. The van der Waals surface area contributed by atoms with Crippen LogP contribution in [-0.2, 0) is 16.0 Å². The zero-order chi connectivity index (χ0) is 19.8. The van der Waals surface area contributed by atoms with Crippen LogP contribution in [-0.4, -0.2) is 38.1 Å². The van der Waals surface area contributed by atoms with E-state index < -0.39 is 11.8 Å². The summed E-state index contributed by atoms with van der Waals surface area (Å²) in [7, 11) is 0. The van der Waals surface area contributed by atoms with E-state index in [1.165, 1.54) is 18.5 Å². The van der Waals surface area contributed by atoms with Crippen LogP contribution in [0, 0.1) is 0 Å². The number of anilines is 2. The van der Waals surface area contributed by atoms with Crippen LogP contribution in [0.25, 0.3) is 0 Å². The second-order valence-electron chi connectivity index (χ2n) is 6.78. The Kier molecular flexibility index (Phi) is 6.89. The Labute approximate surface area is 165 Å². The highest BCUT2D eigenvalue weighted by atomic mass is 16.5. The van der Waals surface area contributed by atoms with Crippen molar-refractivity contribution in [2.75, 3.05) is 36.5 Å². The number of benzene rings is 2. The minimum Gasteiger partial charge on any atom is -0.494 e. The molecule has 1 aliphatic rings. The maximum Gasteiger partial charge on any atom is 0.313 e. The van der Waals surface area contributed by atoms with Gasteiger partial charge in [0.2, 0.25) is 0 Å². The van der Waals surface area contributed by atoms with Crippen molar-refractivity contribution in [2.24, 2.45) is 0 Å². The lowest BCUT2D eigenvalue weighted by Crippen LogP contribution is -2.36. The van der Waals surface area contributed by atoms with E-state index in [-0.39, 0.29) is 0 Å². The molecule has 1 saturated heterocycles. The first-order valence-electron chi connectivity index (χ1n) is 9.81. The number of amides is 2. The van der Waals surface area contributed by atoms with Gasteiger partial charge in [-0.25, -0.2) is 0 Å². The van der Waals surface area contributed by atoms with Gasteiger partial charge in [0, 0.05) is 31.0 Å². The SMILES string of the molecule is CCOc1ccc(NC(=O)C(=O)NCCc2ccc(N3CCCC3)cc2)cc1. The molecule has 2 amide bonds. The molecule has 2 aromatic rings. The number of nitrogens with one attached hydrogen (secondary N) is 2. The third-order valence-electron chi connectivity index (χ3n) is 4.74. The molecule has 2 aromatic carbocycles. The molecular weight excluding hydrogens is 354 g/mol. The molecule has 148 valence electrons. The predicted octanol–water partition coefficient (Wildman–Crippen LogP) is 2.98. The van der Waals surface area contributed by atoms with Crippen molar-refractivity contribution >= 4 is 23.2 Å². The van der Waals surface area contributed by atoms with Gasteiger partial charge >= 0.3 is 11.8 Å². The monoisotopic (exact) mass is 381 g/mol. The van der Waals surface area contributed by atoms with Gasteiger partial charge in [0.25, 0.3) is 0 Å². The maximum absolute atomic E-state index is 12.0. The van der Waals surface area contributed by atoms with Crippen LogP contribution < -0.4 is 20.3 Å². The molecule has 1 fully saturated rings. The lowest BCUT2D eigenvalue weighted by atomic mass is 10.1. The molecule has 0 atom stereocenters. The number of rotatable bonds is 7. The normalized spacial score (nSPS) is 13.2. The molecule has 0 aliphatic carbocycles. The second kappa shape index (κ2) is 9.78. The second-order valence-corrected chi connectivity index (χ2v) is 6.78. The summed E-state index contributed by atoms with van der Waals surface area (Å²) in [5, 5.41) is 5.25. The average Bonchev–Trinajstić information content (AvgIpc) is 3.25. The molecule has 0 unspecified atom stereocenters. The Morgan fingerprint density at radius 3 is 2.29 bits per heavy atom. The van der Waals surface area contributed by atoms with Gasteiger partial charge in [-0.2, -0.15) is 0 Å². The smallest absolute Gasteiger partial charge is 0.313 e. The Morgan fingerprint density at radius 2 is 1.64 bits per heavy atom. The molecule has 0 saturated carbocycles. The standard InChI is InChI=1S/C22H27N3O3/c1-2-28-20-11-7-18(8-12-20)24-22(27)21(26)23-14-13-17-5-9-19(10-6-17)25-15-3-4-16-25/h5-12H,2-4,13-16H2,1H3,(H,23,26)(H,24,27). The summed E-state index contributed by atoms with van der Waals surface area (Å²) < 4.78 is 5.35. The van der Waals surface area contributed by atoms with Crippen LogP contribution in [0.3, 0.4) is 0 Å². The summed E-state index contributed by atoms with van der Waals surface area (Å²) in [5.41, 5.74) is 2.94. The minimum absolute atomic E-state index is 0.415. The Hall–Kier alpha value is -3.02. The summed E-state index contributed by atoms with van der Waals surface area (Å²) >= 11 is 0. The maximum atomic E-state index is 12.0. The largest absolute Gasteiger partial charge is 0.494 e. The van der Waals surface area contributed by atoms with Crippen LogP contribution in [0.15, 0.2) is 48.5 Å². The van der Waals surface area contributed by atoms with Crippen molar-refractivity contribution in [3.63, 3.8) is 0 Å². The van der Waals surface area contributed by atoms with Gasteiger partial charge < -0.3 is 20.3 Å². The number of carbonyl (C=O) groups is 2. The summed E-state index contributed by atoms with van der Waals surface area (Å²) in [6.07, 6.45) is 3.20. The summed E-state index contributed by atoms with van der Waals surface area (Å²) in [6.45, 7) is 5.15. The third-order valence-corrected chi connectivity index (χ3v) is 4.74. The van der Waals surface area contributed by atoms with E-state index in [2.05, 4.69) is 39.8 Å². The van der Waals surface area contributed by atoms with E-state index in [0.717, 1.165) is 24.4 Å². The van der Waals surface area contributed by atoms with Crippen molar-refractivity contribution in [3.8, 4) is 5.75 Å². The molecule has 0 aromatic heterocycles.